The Kier molecular flexibility index (Phi) is 5.51. The van der Waals surface area contributed by atoms with Crippen LogP contribution in [0.15, 0.2) is 64.2 Å². The molecule has 0 aliphatic rings. The van der Waals surface area contributed by atoms with Crippen molar-refractivity contribution in [3.8, 4) is 17.0 Å². The lowest BCUT2D eigenvalue weighted by Crippen LogP contribution is -2.14. The first-order valence-electron chi connectivity index (χ1n) is 9.43. The second-order valence-corrected chi connectivity index (χ2v) is 6.97. The fourth-order valence-corrected chi connectivity index (χ4v) is 3.21. The Morgan fingerprint density at radius 2 is 2.10 bits per heavy atom. The van der Waals surface area contributed by atoms with Gasteiger partial charge >= 0.3 is 5.69 Å². The van der Waals surface area contributed by atoms with Crippen molar-refractivity contribution in [1.29, 1.82) is 0 Å². The Morgan fingerprint density at radius 1 is 1.23 bits per heavy atom. The minimum atomic E-state index is -0.326. The number of H-pyrrole nitrogens is 1. The van der Waals surface area contributed by atoms with Crippen molar-refractivity contribution in [3.05, 3.63) is 82.2 Å². The van der Waals surface area contributed by atoms with Gasteiger partial charge in [-0.15, -0.1) is 0 Å². The first kappa shape index (κ1) is 19.7. The van der Waals surface area contributed by atoms with E-state index in [0.717, 1.165) is 33.6 Å². The number of aromatic amines is 1. The SMILES string of the molecule is Cc1cc(-c2cnc(Nc3cc(COCO)ccc3C)o2)cc(-n2cc[nH]c2=O)c1. The van der Waals surface area contributed by atoms with Gasteiger partial charge in [-0.05, 0) is 54.8 Å². The van der Waals surface area contributed by atoms with Crippen LogP contribution in [-0.2, 0) is 11.3 Å². The number of benzene rings is 2. The molecule has 0 aliphatic carbocycles. The van der Waals surface area contributed by atoms with Crippen LogP contribution in [0.1, 0.15) is 16.7 Å². The van der Waals surface area contributed by atoms with Gasteiger partial charge in [0, 0.05) is 23.6 Å². The third-order valence-corrected chi connectivity index (χ3v) is 4.68. The lowest BCUT2D eigenvalue weighted by molar-refractivity contribution is -0.0112. The quantitative estimate of drug-likeness (QED) is 0.405. The van der Waals surface area contributed by atoms with Gasteiger partial charge in [0.05, 0.1) is 18.5 Å². The number of oxazole rings is 1. The van der Waals surface area contributed by atoms with Crippen LogP contribution in [0.25, 0.3) is 17.0 Å². The summed E-state index contributed by atoms with van der Waals surface area (Å²) in [5.41, 5.74) is 5.14. The summed E-state index contributed by atoms with van der Waals surface area (Å²) in [6.45, 7) is 3.92. The lowest BCUT2D eigenvalue weighted by Gasteiger charge is -2.09. The van der Waals surface area contributed by atoms with Crippen molar-refractivity contribution in [2.75, 3.05) is 12.1 Å². The summed E-state index contributed by atoms with van der Waals surface area (Å²) in [6, 6.07) is 12.0. The summed E-state index contributed by atoms with van der Waals surface area (Å²) in [4.78, 5) is 18.9. The topological polar surface area (TPSA) is 105 Å². The Labute approximate surface area is 172 Å². The highest BCUT2D eigenvalue weighted by molar-refractivity contribution is 5.64. The summed E-state index contributed by atoms with van der Waals surface area (Å²) in [7, 11) is 0. The van der Waals surface area contributed by atoms with Gasteiger partial charge in [-0.3, -0.25) is 4.57 Å². The fraction of sp³-hybridized carbons (Fsp3) is 0.182. The van der Waals surface area contributed by atoms with Gasteiger partial charge in [0.2, 0.25) is 0 Å². The van der Waals surface area contributed by atoms with Crippen LogP contribution in [0.5, 0.6) is 0 Å². The van der Waals surface area contributed by atoms with E-state index in [1.807, 2.05) is 50.2 Å². The zero-order valence-corrected chi connectivity index (χ0v) is 16.7. The standard InChI is InChI=1S/C22H22N4O4/c1-14-7-17(10-18(8-14)26-6-5-23-22(26)28)20-11-24-21(30-20)25-19-9-16(12-29-13-27)4-3-15(19)2/h3-11,27H,12-13H2,1-2H3,(H,23,28)(H,24,25). The second-order valence-electron chi connectivity index (χ2n) is 6.97. The molecule has 8 heteroatoms. The number of ether oxygens (including phenoxy) is 1. The maximum absolute atomic E-state index is 12.0. The zero-order valence-electron chi connectivity index (χ0n) is 16.7. The molecule has 4 rings (SSSR count). The van der Waals surface area contributed by atoms with E-state index < -0.39 is 0 Å². The van der Waals surface area contributed by atoms with Crippen molar-refractivity contribution in [2.45, 2.75) is 20.5 Å². The maximum Gasteiger partial charge on any atom is 0.330 e. The number of rotatable bonds is 7. The number of aromatic nitrogens is 3. The van der Waals surface area contributed by atoms with Crippen molar-refractivity contribution in [2.24, 2.45) is 0 Å². The molecule has 0 atom stereocenters. The number of aryl methyl sites for hydroxylation is 2. The van der Waals surface area contributed by atoms with Crippen LogP contribution in [0, 0.1) is 13.8 Å². The number of imidazole rings is 1. The predicted molar refractivity (Wildman–Crippen MR) is 113 cm³/mol. The molecular weight excluding hydrogens is 384 g/mol. The molecule has 0 unspecified atom stereocenters. The van der Waals surface area contributed by atoms with E-state index in [0.29, 0.717) is 18.4 Å². The van der Waals surface area contributed by atoms with Crippen molar-refractivity contribution in [1.82, 2.24) is 14.5 Å². The third kappa shape index (κ3) is 4.19. The van der Waals surface area contributed by atoms with E-state index in [-0.39, 0.29) is 12.5 Å². The van der Waals surface area contributed by atoms with Crippen molar-refractivity contribution >= 4 is 11.7 Å². The van der Waals surface area contributed by atoms with E-state index in [2.05, 4.69) is 15.3 Å². The predicted octanol–water partition coefficient (Wildman–Crippen LogP) is 3.65. The molecule has 4 aromatic rings. The molecule has 2 heterocycles. The molecule has 2 aromatic carbocycles. The molecule has 8 nitrogen and oxygen atoms in total. The van der Waals surface area contributed by atoms with Gasteiger partial charge < -0.3 is 24.6 Å². The van der Waals surface area contributed by atoms with Crippen LogP contribution in [0.4, 0.5) is 11.7 Å². The van der Waals surface area contributed by atoms with Crippen LogP contribution >= 0.6 is 0 Å². The normalized spacial score (nSPS) is 11.0. The molecule has 2 aromatic heterocycles. The minimum Gasteiger partial charge on any atom is -0.423 e. The number of hydrogen-bond acceptors (Lipinski definition) is 6. The number of aliphatic hydroxyl groups excluding tert-OH is 1. The van der Waals surface area contributed by atoms with Crippen LogP contribution in [0.2, 0.25) is 0 Å². The zero-order chi connectivity index (χ0) is 21.1. The van der Waals surface area contributed by atoms with Crippen molar-refractivity contribution in [3.63, 3.8) is 0 Å². The molecular formula is C22H22N4O4. The van der Waals surface area contributed by atoms with Gasteiger partial charge in [-0.1, -0.05) is 12.1 Å². The minimum absolute atomic E-state index is 0.202. The van der Waals surface area contributed by atoms with Crippen LogP contribution in [0.3, 0.4) is 0 Å². The molecule has 0 spiro atoms. The summed E-state index contributed by atoms with van der Waals surface area (Å²) in [5, 5.41) is 12.0. The fourth-order valence-electron chi connectivity index (χ4n) is 3.21. The van der Waals surface area contributed by atoms with Crippen LogP contribution < -0.4 is 11.0 Å². The molecule has 0 aliphatic heterocycles. The Hall–Kier alpha value is -3.62. The summed E-state index contributed by atoms with van der Waals surface area (Å²) < 4.78 is 12.5. The molecule has 0 fully saturated rings. The summed E-state index contributed by atoms with van der Waals surface area (Å²) in [5.74, 6) is 0.587. The summed E-state index contributed by atoms with van der Waals surface area (Å²) >= 11 is 0. The van der Waals surface area contributed by atoms with E-state index in [9.17, 15) is 4.79 Å². The molecule has 3 N–H and O–H groups in total. The van der Waals surface area contributed by atoms with Gasteiger partial charge in [0.1, 0.15) is 6.79 Å². The first-order chi connectivity index (χ1) is 14.5. The van der Waals surface area contributed by atoms with Crippen molar-refractivity contribution < 1.29 is 14.3 Å². The maximum atomic E-state index is 12.0. The average molecular weight is 406 g/mol. The first-order valence-corrected chi connectivity index (χ1v) is 9.43. The molecule has 0 bridgehead atoms. The van der Waals surface area contributed by atoms with E-state index in [4.69, 9.17) is 14.3 Å². The molecule has 0 saturated carbocycles. The van der Waals surface area contributed by atoms with Crippen LogP contribution in [-0.4, -0.2) is 26.4 Å². The molecule has 0 amide bonds. The Balaban J connectivity index is 1.60. The molecule has 0 saturated heterocycles. The molecule has 30 heavy (non-hydrogen) atoms. The summed E-state index contributed by atoms with van der Waals surface area (Å²) in [6.07, 6.45) is 4.93. The second kappa shape index (κ2) is 8.40. The van der Waals surface area contributed by atoms with E-state index in [1.165, 1.54) is 4.57 Å². The molecule has 154 valence electrons. The van der Waals surface area contributed by atoms with E-state index >= 15 is 0 Å². The van der Waals surface area contributed by atoms with E-state index in [1.54, 1.807) is 18.6 Å². The average Bonchev–Trinajstić information content (AvgIpc) is 3.37. The number of nitrogens with one attached hydrogen (secondary N) is 2. The van der Waals surface area contributed by atoms with Gasteiger partial charge in [-0.2, -0.15) is 0 Å². The number of aliphatic hydroxyl groups is 1. The monoisotopic (exact) mass is 406 g/mol. The highest BCUT2D eigenvalue weighted by Crippen LogP contribution is 2.28. The smallest absolute Gasteiger partial charge is 0.330 e. The highest BCUT2D eigenvalue weighted by atomic mass is 16.6. The Bertz CT molecular complexity index is 1220. The molecule has 0 radical (unpaired) electrons. The van der Waals surface area contributed by atoms with Gasteiger partial charge in [0.15, 0.2) is 5.76 Å². The number of hydrogen-bond donors (Lipinski definition) is 3. The number of anilines is 2. The van der Waals surface area contributed by atoms with Gasteiger partial charge in [0.25, 0.3) is 6.01 Å². The lowest BCUT2D eigenvalue weighted by atomic mass is 10.1. The number of nitrogens with zero attached hydrogens (tertiary/aromatic N) is 2. The highest BCUT2D eigenvalue weighted by Gasteiger charge is 2.11. The third-order valence-electron chi connectivity index (χ3n) is 4.68. The largest absolute Gasteiger partial charge is 0.423 e. The van der Waals surface area contributed by atoms with Gasteiger partial charge in [-0.25, -0.2) is 9.78 Å². The Morgan fingerprint density at radius 3 is 2.87 bits per heavy atom.